The monoisotopic (exact) mass is 365 g/mol. The molecule has 1 atom stereocenters. The van der Waals surface area contributed by atoms with Gasteiger partial charge in [0.05, 0.1) is 17.5 Å². The van der Waals surface area contributed by atoms with Crippen LogP contribution in [0.3, 0.4) is 0 Å². The van der Waals surface area contributed by atoms with Crippen molar-refractivity contribution in [3.8, 4) is 0 Å². The molecule has 0 aliphatic rings. The summed E-state index contributed by atoms with van der Waals surface area (Å²) in [6.07, 6.45) is 7.69. The molecule has 1 amide bonds. The van der Waals surface area contributed by atoms with Crippen molar-refractivity contribution in [1.29, 1.82) is 0 Å². The molecule has 0 saturated heterocycles. The molecule has 0 fully saturated rings. The molecule has 27 heavy (non-hydrogen) atoms. The molecule has 0 aromatic heterocycles. The minimum absolute atomic E-state index is 0.0243. The first-order valence-electron chi connectivity index (χ1n) is 8.80. The number of allylic oxidation sites excluding steroid dienone is 2. The molecule has 5 nitrogen and oxygen atoms in total. The fourth-order valence-corrected chi connectivity index (χ4v) is 2.56. The predicted molar refractivity (Wildman–Crippen MR) is 113 cm³/mol. The molecule has 5 heteroatoms. The fourth-order valence-electron chi connectivity index (χ4n) is 2.56. The molecule has 0 bridgehead atoms. The van der Waals surface area contributed by atoms with Gasteiger partial charge in [0.1, 0.15) is 0 Å². The van der Waals surface area contributed by atoms with Crippen LogP contribution in [0.2, 0.25) is 0 Å². The van der Waals surface area contributed by atoms with Crippen LogP contribution >= 0.6 is 0 Å². The van der Waals surface area contributed by atoms with Gasteiger partial charge in [-0.2, -0.15) is 0 Å². The van der Waals surface area contributed by atoms with E-state index in [1.165, 1.54) is 6.08 Å². The Labute approximate surface area is 161 Å². The minimum atomic E-state index is -0.222. The second kappa shape index (κ2) is 10.2. The number of hydrogen-bond acceptors (Lipinski definition) is 4. The van der Waals surface area contributed by atoms with Gasteiger partial charge in [0, 0.05) is 33.0 Å². The number of anilines is 3. The number of para-hydroxylation sites is 2. The highest BCUT2D eigenvalue weighted by Crippen LogP contribution is 2.23. The molecule has 1 unspecified atom stereocenters. The SMILES string of the molecule is COC(C/C=C/C=C/C(=O)Nc1ccccc1N)c1ccc(N(C)C)cc1. The lowest BCUT2D eigenvalue weighted by Crippen LogP contribution is -2.09. The van der Waals surface area contributed by atoms with Gasteiger partial charge in [-0.15, -0.1) is 0 Å². The molecule has 0 spiro atoms. The Bertz CT molecular complexity index is 795. The molecule has 3 N–H and O–H groups in total. The summed E-state index contributed by atoms with van der Waals surface area (Å²) in [5.41, 5.74) is 9.22. The van der Waals surface area contributed by atoms with E-state index in [1.807, 2.05) is 38.4 Å². The van der Waals surface area contributed by atoms with Gasteiger partial charge in [0.2, 0.25) is 5.91 Å². The first-order chi connectivity index (χ1) is 13.0. The van der Waals surface area contributed by atoms with Crippen molar-refractivity contribution in [3.63, 3.8) is 0 Å². The van der Waals surface area contributed by atoms with E-state index in [-0.39, 0.29) is 12.0 Å². The molecule has 0 heterocycles. The van der Waals surface area contributed by atoms with Gasteiger partial charge in [-0.05, 0) is 36.2 Å². The number of benzene rings is 2. The Balaban J connectivity index is 1.86. The smallest absolute Gasteiger partial charge is 0.248 e. The Morgan fingerprint density at radius 2 is 1.85 bits per heavy atom. The van der Waals surface area contributed by atoms with Crippen LogP contribution in [0, 0.1) is 0 Å². The Morgan fingerprint density at radius 3 is 2.48 bits per heavy atom. The van der Waals surface area contributed by atoms with Crippen molar-refractivity contribution >= 4 is 23.0 Å². The van der Waals surface area contributed by atoms with Crippen molar-refractivity contribution < 1.29 is 9.53 Å². The van der Waals surface area contributed by atoms with E-state index in [2.05, 4.69) is 34.5 Å². The van der Waals surface area contributed by atoms with Crippen LogP contribution in [-0.2, 0) is 9.53 Å². The third kappa shape index (κ3) is 6.31. The van der Waals surface area contributed by atoms with Gasteiger partial charge in [0.25, 0.3) is 0 Å². The number of rotatable bonds is 8. The van der Waals surface area contributed by atoms with Crippen molar-refractivity contribution in [2.75, 3.05) is 37.2 Å². The largest absolute Gasteiger partial charge is 0.397 e. The highest BCUT2D eigenvalue weighted by molar-refractivity contribution is 6.01. The van der Waals surface area contributed by atoms with Crippen LogP contribution in [0.15, 0.2) is 72.8 Å². The molecular formula is C22H27N3O2. The number of nitrogen functional groups attached to an aromatic ring is 1. The highest BCUT2D eigenvalue weighted by Gasteiger charge is 2.08. The third-order valence-electron chi connectivity index (χ3n) is 4.13. The molecule has 0 radical (unpaired) electrons. The van der Waals surface area contributed by atoms with Crippen molar-refractivity contribution in [2.45, 2.75) is 12.5 Å². The van der Waals surface area contributed by atoms with Gasteiger partial charge in [0.15, 0.2) is 0 Å². The molecule has 0 aliphatic heterocycles. The number of nitrogens with two attached hydrogens (primary N) is 1. The van der Waals surface area contributed by atoms with E-state index in [0.29, 0.717) is 11.4 Å². The number of amides is 1. The molecule has 2 aromatic carbocycles. The van der Waals surface area contributed by atoms with Crippen LogP contribution in [0.4, 0.5) is 17.1 Å². The number of carbonyl (C=O) groups excluding carboxylic acids is 1. The normalized spacial score (nSPS) is 12.4. The summed E-state index contributed by atoms with van der Waals surface area (Å²) in [6, 6.07) is 15.5. The summed E-state index contributed by atoms with van der Waals surface area (Å²) in [4.78, 5) is 14.0. The summed E-state index contributed by atoms with van der Waals surface area (Å²) in [7, 11) is 5.73. The fraction of sp³-hybridized carbons (Fsp3) is 0.227. The van der Waals surface area contributed by atoms with Crippen molar-refractivity contribution in [3.05, 3.63) is 78.4 Å². The van der Waals surface area contributed by atoms with Gasteiger partial charge in [-0.3, -0.25) is 4.79 Å². The molecule has 142 valence electrons. The van der Waals surface area contributed by atoms with Crippen LogP contribution in [0.5, 0.6) is 0 Å². The van der Waals surface area contributed by atoms with Gasteiger partial charge < -0.3 is 20.7 Å². The van der Waals surface area contributed by atoms with E-state index in [4.69, 9.17) is 10.5 Å². The quantitative estimate of drug-likeness (QED) is 0.419. The predicted octanol–water partition coefficient (Wildman–Crippen LogP) is 4.16. The van der Waals surface area contributed by atoms with E-state index in [9.17, 15) is 4.79 Å². The second-order valence-corrected chi connectivity index (χ2v) is 6.31. The summed E-state index contributed by atoms with van der Waals surface area (Å²) in [5.74, 6) is -0.222. The lowest BCUT2D eigenvalue weighted by molar-refractivity contribution is -0.111. The lowest BCUT2D eigenvalue weighted by atomic mass is 10.1. The second-order valence-electron chi connectivity index (χ2n) is 6.31. The van der Waals surface area contributed by atoms with Gasteiger partial charge >= 0.3 is 0 Å². The number of hydrogen-bond donors (Lipinski definition) is 2. The first-order valence-corrected chi connectivity index (χ1v) is 8.80. The maximum absolute atomic E-state index is 11.9. The third-order valence-corrected chi connectivity index (χ3v) is 4.13. The lowest BCUT2D eigenvalue weighted by Gasteiger charge is -2.16. The zero-order chi connectivity index (χ0) is 19.6. The average molecular weight is 365 g/mol. The maximum Gasteiger partial charge on any atom is 0.248 e. The molecule has 0 saturated carbocycles. The summed E-state index contributed by atoms with van der Waals surface area (Å²) >= 11 is 0. The summed E-state index contributed by atoms with van der Waals surface area (Å²) < 4.78 is 5.57. The van der Waals surface area contributed by atoms with Gasteiger partial charge in [-0.25, -0.2) is 0 Å². The van der Waals surface area contributed by atoms with Crippen molar-refractivity contribution in [2.24, 2.45) is 0 Å². The average Bonchev–Trinajstić information content (AvgIpc) is 2.66. The number of ether oxygens (including phenoxy) is 1. The summed E-state index contributed by atoms with van der Waals surface area (Å²) in [5, 5.41) is 2.75. The molecule has 2 rings (SSSR count). The maximum atomic E-state index is 11.9. The van der Waals surface area contributed by atoms with E-state index in [1.54, 1.807) is 25.3 Å². The highest BCUT2D eigenvalue weighted by atomic mass is 16.5. The van der Waals surface area contributed by atoms with E-state index in [0.717, 1.165) is 17.7 Å². The molecule has 0 aliphatic carbocycles. The first kappa shape index (κ1) is 20.3. The van der Waals surface area contributed by atoms with Crippen LogP contribution < -0.4 is 16.0 Å². The van der Waals surface area contributed by atoms with Crippen LogP contribution in [-0.4, -0.2) is 27.1 Å². The zero-order valence-corrected chi connectivity index (χ0v) is 16.1. The Kier molecular flexibility index (Phi) is 7.64. The van der Waals surface area contributed by atoms with E-state index >= 15 is 0 Å². The number of nitrogens with one attached hydrogen (secondary N) is 1. The van der Waals surface area contributed by atoms with E-state index < -0.39 is 0 Å². The number of carbonyl (C=O) groups is 1. The van der Waals surface area contributed by atoms with Crippen LogP contribution in [0.1, 0.15) is 18.1 Å². The van der Waals surface area contributed by atoms with Gasteiger partial charge in [-0.1, -0.05) is 42.5 Å². The number of methoxy groups -OCH3 is 1. The Morgan fingerprint density at radius 1 is 1.15 bits per heavy atom. The van der Waals surface area contributed by atoms with Crippen LogP contribution in [0.25, 0.3) is 0 Å². The zero-order valence-electron chi connectivity index (χ0n) is 16.1. The van der Waals surface area contributed by atoms with Crippen molar-refractivity contribution in [1.82, 2.24) is 0 Å². The number of nitrogens with zero attached hydrogens (tertiary/aromatic N) is 1. The summed E-state index contributed by atoms with van der Waals surface area (Å²) in [6.45, 7) is 0. The standard InChI is InChI=1S/C22H27N3O2/c1-25(2)18-15-13-17(14-16-18)21(27-3)11-5-4-6-12-22(26)24-20-10-8-7-9-19(20)23/h4-10,12-16,21H,11,23H2,1-3H3,(H,24,26)/b5-4+,12-6+. The Hall–Kier alpha value is -3.05. The topological polar surface area (TPSA) is 67.6 Å². The molecule has 2 aromatic rings. The minimum Gasteiger partial charge on any atom is -0.397 e. The molecular weight excluding hydrogens is 338 g/mol.